The molecule has 3 N–H and O–H groups in total. The van der Waals surface area contributed by atoms with E-state index in [-0.39, 0.29) is 19.1 Å². The van der Waals surface area contributed by atoms with Gasteiger partial charge >= 0.3 is 11.9 Å². The van der Waals surface area contributed by atoms with Crippen molar-refractivity contribution >= 4 is 11.9 Å². The molecule has 156 valence electrons. The van der Waals surface area contributed by atoms with Gasteiger partial charge in [0.1, 0.15) is 31.0 Å². The quantitative estimate of drug-likeness (QED) is 0.388. The van der Waals surface area contributed by atoms with E-state index in [9.17, 15) is 24.9 Å². The van der Waals surface area contributed by atoms with E-state index >= 15 is 0 Å². The first-order valence-electron chi connectivity index (χ1n) is 8.97. The molecule has 2 saturated heterocycles. The zero-order chi connectivity index (χ0) is 20.4. The van der Waals surface area contributed by atoms with Gasteiger partial charge in [-0.15, -0.1) is 6.58 Å². The molecule has 0 radical (unpaired) electrons. The first-order valence-corrected chi connectivity index (χ1v) is 8.97. The minimum Gasteiger partial charge on any atom is -0.471 e. The number of rotatable bonds is 5. The third-order valence-electron chi connectivity index (χ3n) is 5.06. The van der Waals surface area contributed by atoms with E-state index < -0.39 is 54.9 Å². The van der Waals surface area contributed by atoms with Gasteiger partial charge in [-0.3, -0.25) is 4.79 Å². The number of cyclic esters (lactones) is 1. The highest BCUT2D eigenvalue weighted by Crippen LogP contribution is 2.38. The lowest BCUT2D eigenvalue weighted by atomic mass is 9.81. The Bertz CT molecular complexity index is 646. The summed E-state index contributed by atoms with van der Waals surface area (Å²) in [5, 5.41) is 30.4. The first kappa shape index (κ1) is 20.7. The molecule has 0 spiro atoms. The summed E-state index contributed by atoms with van der Waals surface area (Å²) in [6.45, 7) is 4.89. The average molecular weight is 400 g/mol. The largest absolute Gasteiger partial charge is 0.471 e. The fourth-order valence-corrected chi connectivity index (χ4v) is 3.52. The molecule has 3 aliphatic heterocycles. The Morgan fingerprint density at radius 2 is 2.04 bits per heavy atom. The number of esters is 2. The number of hydrogen-bond donors (Lipinski definition) is 3. The normalized spacial score (nSPS) is 40.4. The molecule has 3 aliphatic rings. The Morgan fingerprint density at radius 3 is 2.71 bits per heavy atom. The number of fused-ring (bicyclic) bond motifs is 1. The van der Waals surface area contributed by atoms with Crippen molar-refractivity contribution < 1.29 is 48.6 Å². The van der Waals surface area contributed by atoms with Gasteiger partial charge in [0.25, 0.3) is 0 Å². The molecule has 8 unspecified atom stereocenters. The van der Waals surface area contributed by atoms with Crippen LogP contribution in [0.15, 0.2) is 24.5 Å². The predicted molar refractivity (Wildman–Crippen MR) is 90.1 cm³/mol. The van der Waals surface area contributed by atoms with Crippen molar-refractivity contribution in [2.24, 2.45) is 11.8 Å². The fraction of sp³-hybridized carbons (Fsp3) is 0.667. The van der Waals surface area contributed by atoms with Crippen LogP contribution < -0.4 is 0 Å². The molecular formula is C18H24O10. The molecule has 0 aliphatic carbocycles. The molecule has 10 nitrogen and oxygen atoms in total. The molecule has 10 heteroatoms. The van der Waals surface area contributed by atoms with Gasteiger partial charge in [-0.2, -0.15) is 0 Å². The molecule has 2 fully saturated rings. The standard InChI is InChI=1S/C18H24O10/c1-3-9-10-4-5-24-16(23)11(10)6-26-17(9)28-18-15(22)14(21)13(20)12(27-18)7-25-8(2)19/h3,6,9-10,12-15,17-18,20-22H,1,4-5,7H2,2H3. The molecule has 0 aromatic rings. The zero-order valence-electron chi connectivity index (χ0n) is 15.3. The van der Waals surface area contributed by atoms with Crippen LogP contribution in [0.4, 0.5) is 0 Å². The topological polar surface area (TPSA) is 141 Å². The second-order valence-electron chi connectivity index (χ2n) is 6.88. The van der Waals surface area contributed by atoms with Crippen molar-refractivity contribution in [3.8, 4) is 0 Å². The number of carbonyl (C=O) groups excluding carboxylic acids is 2. The van der Waals surface area contributed by atoms with Gasteiger partial charge in [0.15, 0.2) is 6.29 Å². The highest BCUT2D eigenvalue weighted by Gasteiger charge is 2.48. The second-order valence-corrected chi connectivity index (χ2v) is 6.88. The van der Waals surface area contributed by atoms with Crippen LogP contribution in [0.2, 0.25) is 0 Å². The van der Waals surface area contributed by atoms with Crippen molar-refractivity contribution in [2.45, 2.75) is 50.3 Å². The summed E-state index contributed by atoms with van der Waals surface area (Å²) < 4.78 is 26.5. The molecule has 0 aromatic heterocycles. The molecule has 28 heavy (non-hydrogen) atoms. The Labute approximate surface area is 161 Å². The van der Waals surface area contributed by atoms with E-state index in [1.165, 1.54) is 13.2 Å². The number of aliphatic hydroxyl groups excluding tert-OH is 3. The summed E-state index contributed by atoms with van der Waals surface area (Å²) in [6, 6.07) is 0. The van der Waals surface area contributed by atoms with Gasteiger partial charge in [-0.25, -0.2) is 4.79 Å². The average Bonchev–Trinajstić information content (AvgIpc) is 2.67. The number of hydrogen-bond acceptors (Lipinski definition) is 10. The summed E-state index contributed by atoms with van der Waals surface area (Å²) in [5.41, 5.74) is 0.379. The van der Waals surface area contributed by atoms with Gasteiger partial charge in [-0.1, -0.05) is 6.08 Å². The van der Waals surface area contributed by atoms with E-state index in [4.69, 9.17) is 23.7 Å². The SMILES string of the molecule is C=CC1C(OC2OC(COC(C)=O)C(O)C(O)C2O)OC=C2C(=O)OCCC21. The van der Waals surface area contributed by atoms with Gasteiger partial charge in [0.05, 0.1) is 18.4 Å². The maximum atomic E-state index is 11.9. The van der Waals surface area contributed by atoms with Gasteiger partial charge in [0.2, 0.25) is 6.29 Å². The Morgan fingerprint density at radius 1 is 1.29 bits per heavy atom. The van der Waals surface area contributed by atoms with Gasteiger partial charge in [-0.05, 0) is 6.42 Å². The molecule has 8 atom stereocenters. The number of carbonyl (C=O) groups is 2. The third kappa shape index (κ3) is 4.06. The molecule has 0 aromatic carbocycles. The summed E-state index contributed by atoms with van der Waals surface area (Å²) in [7, 11) is 0. The molecular weight excluding hydrogens is 376 g/mol. The van der Waals surface area contributed by atoms with Crippen LogP contribution in [0.25, 0.3) is 0 Å². The maximum Gasteiger partial charge on any atom is 0.337 e. The lowest BCUT2D eigenvalue weighted by Crippen LogP contribution is -2.60. The van der Waals surface area contributed by atoms with Crippen molar-refractivity contribution in [3.63, 3.8) is 0 Å². The molecule has 0 bridgehead atoms. The molecule has 3 rings (SSSR count). The van der Waals surface area contributed by atoms with Crippen LogP contribution in [0.3, 0.4) is 0 Å². The Hall–Kier alpha value is -1.98. The van der Waals surface area contributed by atoms with Crippen LogP contribution in [0.5, 0.6) is 0 Å². The van der Waals surface area contributed by atoms with Gasteiger partial charge < -0.3 is 39.0 Å². The second kappa shape index (κ2) is 8.58. The molecule has 0 amide bonds. The van der Waals surface area contributed by atoms with Crippen LogP contribution >= 0.6 is 0 Å². The monoisotopic (exact) mass is 400 g/mol. The Kier molecular flexibility index (Phi) is 6.36. The van der Waals surface area contributed by atoms with Crippen molar-refractivity contribution in [1.82, 2.24) is 0 Å². The maximum absolute atomic E-state index is 11.9. The van der Waals surface area contributed by atoms with E-state index in [0.717, 1.165) is 0 Å². The molecule has 0 saturated carbocycles. The number of ether oxygens (including phenoxy) is 5. The summed E-state index contributed by atoms with van der Waals surface area (Å²) in [5.74, 6) is -1.71. The number of aliphatic hydroxyl groups is 3. The van der Waals surface area contributed by atoms with E-state index in [1.807, 2.05) is 0 Å². The third-order valence-corrected chi connectivity index (χ3v) is 5.06. The van der Waals surface area contributed by atoms with E-state index in [0.29, 0.717) is 12.0 Å². The fourth-order valence-electron chi connectivity index (χ4n) is 3.52. The highest BCUT2D eigenvalue weighted by molar-refractivity contribution is 5.89. The van der Waals surface area contributed by atoms with Crippen LogP contribution in [0.1, 0.15) is 13.3 Å². The lowest BCUT2D eigenvalue weighted by molar-refractivity contribution is -0.339. The Balaban J connectivity index is 1.72. The lowest BCUT2D eigenvalue weighted by Gasteiger charge is -2.43. The zero-order valence-corrected chi connectivity index (χ0v) is 15.3. The van der Waals surface area contributed by atoms with Gasteiger partial charge in [0, 0.05) is 18.8 Å². The van der Waals surface area contributed by atoms with Crippen LogP contribution in [-0.4, -0.2) is 77.5 Å². The minimum absolute atomic E-state index is 0.231. The van der Waals surface area contributed by atoms with Crippen molar-refractivity contribution in [2.75, 3.05) is 13.2 Å². The van der Waals surface area contributed by atoms with Crippen molar-refractivity contribution in [1.29, 1.82) is 0 Å². The molecule has 3 heterocycles. The predicted octanol–water partition coefficient (Wildman–Crippen LogP) is -1.02. The highest BCUT2D eigenvalue weighted by atomic mass is 16.8. The van der Waals surface area contributed by atoms with Crippen LogP contribution in [0, 0.1) is 11.8 Å². The van der Waals surface area contributed by atoms with Crippen LogP contribution in [-0.2, 0) is 33.3 Å². The first-order chi connectivity index (χ1) is 13.3. The summed E-state index contributed by atoms with van der Waals surface area (Å²) in [6.07, 6.45) is -4.65. The summed E-state index contributed by atoms with van der Waals surface area (Å²) >= 11 is 0. The smallest absolute Gasteiger partial charge is 0.337 e. The van der Waals surface area contributed by atoms with E-state index in [2.05, 4.69) is 6.58 Å². The minimum atomic E-state index is -1.58. The van der Waals surface area contributed by atoms with Crippen molar-refractivity contribution in [3.05, 3.63) is 24.5 Å². The summed E-state index contributed by atoms with van der Waals surface area (Å²) in [4.78, 5) is 22.9. The van der Waals surface area contributed by atoms with E-state index in [1.54, 1.807) is 6.08 Å².